The Hall–Kier alpha value is -5.62. The fraction of sp³-hybridized carbons (Fsp3) is 0.415. The number of fused-ring (bicyclic) bond motifs is 3. The Morgan fingerprint density at radius 3 is 2.51 bits per heavy atom. The largest absolute Gasteiger partial charge is 0.392 e. The van der Waals surface area contributed by atoms with E-state index >= 15 is 0 Å². The molecule has 3 aromatic heterocycles. The minimum Gasteiger partial charge on any atom is -0.392 e. The first-order chi connectivity index (χ1) is 26.2. The number of amides is 2. The van der Waals surface area contributed by atoms with Gasteiger partial charge in [0, 0.05) is 92.4 Å². The number of aryl methyl sites for hydroxylation is 1. The molecule has 0 radical (unpaired) electrons. The van der Waals surface area contributed by atoms with Crippen LogP contribution in [0.4, 0.5) is 23.0 Å². The van der Waals surface area contributed by atoms with Gasteiger partial charge in [-0.1, -0.05) is 19.9 Å². The van der Waals surface area contributed by atoms with Crippen molar-refractivity contribution in [2.45, 2.75) is 59.2 Å². The monoisotopic (exact) mass is 744 g/mol. The van der Waals surface area contributed by atoms with Gasteiger partial charge in [-0.05, 0) is 81.1 Å². The number of hydrogen-bond donors (Lipinski definition) is 3. The summed E-state index contributed by atoms with van der Waals surface area (Å²) in [6.45, 7) is 12.6. The molecule has 286 valence electrons. The number of piperazine rings is 1. The van der Waals surface area contributed by atoms with Crippen molar-refractivity contribution in [2.24, 2.45) is 12.5 Å². The van der Waals surface area contributed by atoms with Crippen molar-refractivity contribution in [3.05, 3.63) is 93.3 Å². The smallest absolute Gasteiger partial charge is 0.293 e. The fourth-order valence-corrected chi connectivity index (χ4v) is 8.03. The maximum atomic E-state index is 13.9. The highest BCUT2D eigenvalue weighted by Gasteiger charge is 2.38. The molecule has 0 bridgehead atoms. The number of nitrogens with one attached hydrogen (secondary N) is 2. The third-order valence-corrected chi connectivity index (χ3v) is 11.0. The van der Waals surface area contributed by atoms with Crippen LogP contribution in [0.2, 0.25) is 0 Å². The number of aromatic nitrogens is 4. The second-order valence-corrected chi connectivity index (χ2v) is 16.1. The lowest BCUT2D eigenvalue weighted by atomic mass is 9.90. The van der Waals surface area contributed by atoms with Gasteiger partial charge in [-0.25, -0.2) is 9.97 Å². The molecular weight excluding hydrogens is 697 g/mol. The number of nitriles is 1. The van der Waals surface area contributed by atoms with E-state index < -0.39 is 23.6 Å². The Labute approximate surface area is 320 Å². The fourth-order valence-electron chi connectivity index (χ4n) is 8.03. The highest BCUT2D eigenvalue weighted by molar-refractivity contribution is 6.07. The lowest BCUT2D eigenvalue weighted by Gasteiger charge is -2.41. The molecule has 55 heavy (non-hydrogen) atoms. The molecule has 2 amide bonds. The molecule has 1 fully saturated rings. The molecule has 4 aromatic rings. The third kappa shape index (κ3) is 7.43. The molecule has 0 unspecified atom stereocenters. The molecule has 14 heteroatoms. The SMILES string of the molecule is CN1CCN(C(C)(C)/C=C(/C#N)C(=O)Nc2cccc(Nc3nc(-c4ccnc(N5CCn6c(cc7c6CC(C)(C)C7)C5=O)c4CO)cn(C)c3=O)c2)CC1. The van der Waals surface area contributed by atoms with Gasteiger partial charge in [-0.2, -0.15) is 5.26 Å². The van der Waals surface area contributed by atoms with Crippen molar-refractivity contribution in [3.63, 3.8) is 0 Å². The zero-order chi connectivity index (χ0) is 39.2. The van der Waals surface area contributed by atoms with Crippen LogP contribution in [-0.2, 0) is 37.8 Å². The summed E-state index contributed by atoms with van der Waals surface area (Å²) in [6.07, 6.45) is 6.72. The van der Waals surface area contributed by atoms with Gasteiger partial charge in [-0.15, -0.1) is 0 Å². The molecule has 1 aliphatic carbocycles. The number of pyridine rings is 1. The van der Waals surface area contributed by atoms with Gasteiger partial charge in [0.2, 0.25) is 0 Å². The van der Waals surface area contributed by atoms with Gasteiger partial charge < -0.3 is 29.8 Å². The van der Waals surface area contributed by atoms with Crippen molar-refractivity contribution in [2.75, 3.05) is 55.3 Å². The number of nitrogens with zero attached hydrogens (tertiary/aromatic N) is 8. The predicted octanol–water partition coefficient (Wildman–Crippen LogP) is 4.08. The second kappa shape index (κ2) is 14.6. The minimum absolute atomic E-state index is 0.00913. The van der Waals surface area contributed by atoms with Gasteiger partial charge >= 0.3 is 0 Å². The Bertz CT molecular complexity index is 2310. The molecule has 1 saturated heterocycles. The summed E-state index contributed by atoms with van der Waals surface area (Å²) >= 11 is 0. The van der Waals surface area contributed by atoms with Crippen molar-refractivity contribution >= 4 is 34.8 Å². The summed E-state index contributed by atoms with van der Waals surface area (Å²) in [7, 11) is 3.69. The number of hydrogen-bond acceptors (Lipinski definition) is 10. The standard InChI is InChI=1S/C41H48N10O4/c1-40(2)20-26-18-33-38(54)51(17-16-50(33)34(26)22-40)36-31(25-52)30(10-11-43-36)32-24-48(6)39(55)35(46-32)44-28-8-7-9-29(19-28)45-37(53)27(23-42)21-41(3,4)49-14-12-47(5)13-15-49/h7-11,18-19,21,24,52H,12-17,20,22,25H2,1-6H3,(H,44,46)(H,45,53)/b27-21-. The van der Waals surface area contributed by atoms with E-state index in [9.17, 15) is 24.8 Å². The second-order valence-electron chi connectivity index (χ2n) is 16.1. The van der Waals surface area contributed by atoms with E-state index in [-0.39, 0.29) is 22.7 Å². The number of rotatable bonds is 9. The van der Waals surface area contributed by atoms with Crippen LogP contribution in [0.5, 0.6) is 0 Å². The molecule has 0 atom stereocenters. The van der Waals surface area contributed by atoms with Crippen LogP contribution >= 0.6 is 0 Å². The first-order valence-corrected chi connectivity index (χ1v) is 18.6. The summed E-state index contributed by atoms with van der Waals surface area (Å²) in [6, 6.07) is 12.6. The van der Waals surface area contributed by atoms with Crippen LogP contribution in [0.25, 0.3) is 11.3 Å². The maximum Gasteiger partial charge on any atom is 0.293 e. The number of carbonyl (C=O) groups excluding carboxylic acids is 2. The number of likely N-dealkylation sites (N-methyl/N-ethyl adjacent to an activating group) is 1. The third-order valence-electron chi connectivity index (χ3n) is 11.0. The molecule has 14 nitrogen and oxygen atoms in total. The van der Waals surface area contributed by atoms with Crippen LogP contribution in [0, 0.1) is 16.7 Å². The van der Waals surface area contributed by atoms with Crippen molar-refractivity contribution < 1.29 is 14.7 Å². The van der Waals surface area contributed by atoms with Crippen molar-refractivity contribution in [1.82, 2.24) is 28.9 Å². The summed E-state index contributed by atoms with van der Waals surface area (Å²) in [5, 5.41) is 26.5. The van der Waals surface area contributed by atoms with E-state index in [1.807, 2.05) is 19.9 Å². The average Bonchev–Trinajstić information content (AvgIpc) is 3.64. The Balaban J connectivity index is 1.12. The minimum atomic E-state index is -0.531. The Morgan fingerprint density at radius 1 is 1.04 bits per heavy atom. The zero-order valence-electron chi connectivity index (χ0n) is 32.3. The summed E-state index contributed by atoms with van der Waals surface area (Å²) in [4.78, 5) is 55.9. The summed E-state index contributed by atoms with van der Waals surface area (Å²) in [5.74, 6) is -0.334. The van der Waals surface area contributed by atoms with Crippen molar-refractivity contribution in [1.29, 1.82) is 5.26 Å². The van der Waals surface area contributed by atoms with Crippen LogP contribution in [0.3, 0.4) is 0 Å². The first-order valence-electron chi connectivity index (χ1n) is 18.6. The molecule has 7 rings (SSSR count). The molecule has 3 aliphatic rings. The molecule has 1 aromatic carbocycles. The number of carbonyl (C=O) groups is 2. The van der Waals surface area contributed by atoms with Gasteiger partial charge in [0.25, 0.3) is 17.4 Å². The van der Waals surface area contributed by atoms with E-state index in [1.54, 1.807) is 60.7 Å². The normalized spacial score (nSPS) is 17.5. The van der Waals surface area contributed by atoms with E-state index in [2.05, 4.69) is 61.9 Å². The van der Waals surface area contributed by atoms with Crippen LogP contribution in [0.15, 0.2) is 65.2 Å². The van der Waals surface area contributed by atoms with Gasteiger partial charge in [0.15, 0.2) is 5.82 Å². The lowest BCUT2D eigenvalue weighted by molar-refractivity contribution is -0.112. The van der Waals surface area contributed by atoms with Gasteiger partial charge in [0.05, 0.1) is 12.3 Å². The molecular formula is C41H48N10O4. The Kier molecular flexibility index (Phi) is 9.97. The molecule has 2 aliphatic heterocycles. The number of aliphatic hydroxyl groups is 1. The van der Waals surface area contributed by atoms with Crippen LogP contribution < -0.4 is 21.1 Å². The quantitative estimate of drug-likeness (QED) is 0.168. The van der Waals surface area contributed by atoms with Gasteiger partial charge in [-0.3, -0.25) is 24.2 Å². The first kappa shape index (κ1) is 37.7. The number of anilines is 4. The predicted molar refractivity (Wildman–Crippen MR) is 211 cm³/mol. The summed E-state index contributed by atoms with van der Waals surface area (Å²) in [5.41, 5.74) is 4.59. The van der Waals surface area contributed by atoms with E-state index in [1.165, 1.54) is 15.8 Å². The highest BCUT2D eigenvalue weighted by atomic mass is 16.3. The maximum absolute atomic E-state index is 13.9. The van der Waals surface area contributed by atoms with Crippen molar-refractivity contribution in [3.8, 4) is 17.3 Å². The van der Waals surface area contributed by atoms with Crippen LogP contribution in [-0.4, -0.2) is 91.1 Å². The lowest BCUT2D eigenvalue weighted by Crippen LogP contribution is -2.53. The average molecular weight is 745 g/mol. The number of benzene rings is 1. The van der Waals surface area contributed by atoms with E-state index in [4.69, 9.17) is 0 Å². The van der Waals surface area contributed by atoms with E-state index in [0.717, 1.165) is 39.0 Å². The number of aliphatic hydroxyl groups excluding tert-OH is 1. The molecule has 0 saturated carbocycles. The van der Waals surface area contributed by atoms with Crippen LogP contribution in [0.1, 0.15) is 55.0 Å². The molecule has 0 spiro atoms. The Morgan fingerprint density at radius 2 is 1.78 bits per heavy atom. The van der Waals surface area contributed by atoms with E-state index in [0.29, 0.717) is 52.8 Å². The highest BCUT2D eigenvalue weighted by Crippen LogP contribution is 2.40. The summed E-state index contributed by atoms with van der Waals surface area (Å²) < 4.78 is 3.53. The van der Waals surface area contributed by atoms with Gasteiger partial charge in [0.1, 0.15) is 23.2 Å². The molecule has 3 N–H and O–H groups in total. The molecule has 5 heterocycles. The zero-order valence-corrected chi connectivity index (χ0v) is 32.3. The topological polar surface area (TPSA) is 165 Å².